The van der Waals surface area contributed by atoms with Crippen molar-refractivity contribution < 1.29 is 19.1 Å². The highest BCUT2D eigenvalue weighted by Crippen LogP contribution is 2.53. The number of methoxy groups -OCH3 is 1. The summed E-state index contributed by atoms with van der Waals surface area (Å²) in [7, 11) is 1.55. The molecule has 36 heavy (non-hydrogen) atoms. The summed E-state index contributed by atoms with van der Waals surface area (Å²) in [4.78, 5) is 44.9. The Kier molecular flexibility index (Phi) is 5.50. The number of hydrogen-bond acceptors (Lipinski definition) is 5. The van der Waals surface area contributed by atoms with Crippen molar-refractivity contribution in [3.05, 3.63) is 99.1 Å². The van der Waals surface area contributed by atoms with E-state index in [-0.39, 0.29) is 11.7 Å². The number of imide groups is 1. The monoisotopic (exact) mass is 562 g/mol. The third-order valence-electron chi connectivity index (χ3n) is 7.23. The van der Waals surface area contributed by atoms with Crippen molar-refractivity contribution in [1.29, 1.82) is 0 Å². The maximum absolute atomic E-state index is 14.0. The van der Waals surface area contributed by atoms with E-state index in [0.29, 0.717) is 26.5 Å². The van der Waals surface area contributed by atoms with Crippen LogP contribution in [0.25, 0.3) is 6.08 Å². The second-order valence-corrected chi connectivity index (χ2v) is 10.3. The van der Waals surface area contributed by atoms with E-state index in [9.17, 15) is 14.4 Å². The lowest BCUT2D eigenvalue weighted by Crippen LogP contribution is -2.44. The summed E-state index contributed by atoms with van der Waals surface area (Å²) in [6.07, 6.45) is 3.78. The fourth-order valence-electron chi connectivity index (χ4n) is 5.72. The number of ketones is 1. The minimum absolute atomic E-state index is 0.228. The molecule has 6 rings (SSSR count). The van der Waals surface area contributed by atoms with Gasteiger partial charge in [-0.3, -0.25) is 14.4 Å². The molecular weight excluding hydrogens is 544 g/mol. The van der Waals surface area contributed by atoms with Crippen LogP contribution in [0.15, 0.2) is 77.4 Å². The summed E-state index contributed by atoms with van der Waals surface area (Å²) >= 11 is 9.63. The summed E-state index contributed by atoms with van der Waals surface area (Å²) in [5, 5.41) is 0.424. The number of anilines is 1. The molecule has 6 nitrogen and oxygen atoms in total. The van der Waals surface area contributed by atoms with E-state index in [0.717, 1.165) is 11.1 Å². The molecule has 180 valence electrons. The van der Waals surface area contributed by atoms with Crippen LogP contribution in [0.2, 0.25) is 5.02 Å². The zero-order valence-corrected chi connectivity index (χ0v) is 21.4. The minimum Gasteiger partial charge on any atom is -0.496 e. The lowest BCUT2D eigenvalue weighted by molar-refractivity contribution is -0.123. The van der Waals surface area contributed by atoms with Gasteiger partial charge in [-0.2, -0.15) is 0 Å². The SMILES string of the molecule is COc1ccc(C(=O)[C@H]2[C@H]3C(=O)N(c4cccc(Cl)c4)C(=O)[C@H]3[C@@H]3c4ccccc4C=CN23)cc1Br. The van der Waals surface area contributed by atoms with Gasteiger partial charge in [-0.15, -0.1) is 0 Å². The molecule has 0 unspecified atom stereocenters. The molecule has 3 aromatic rings. The van der Waals surface area contributed by atoms with Crippen molar-refractivity contribution in [2.45, 2.75) is 12.1 Å². The van der Waals surface area contributed by atoms with Crippen LogP contribution in [0.4, 0.5) is 5.69 Å². The fraction of sp³-hybridized carbons (Fsp3) is 0.179. The highest BCUT2D eigenvalue weighted by atomic mass is 79.9. The summed E-state index contributed by atoms with van der Waals surface area (Å²) in [5.74, 6) is -1.89. The van der Waals surface area contributed by atoms with Gasteiger partial charge in [-0.05, 0) is 69.5 Å². The lowest BCUT2D eigenvalue weighted by atomic mass is 9.83. The number of fused-ring (bicyclic) bond motifs is 5. The van der Waals surface area contributed by atoms with Crippen LogP contribution in [0.5, 0.6) is 5.75 Å². The van der Waals surface area contributed by atoms with Gasteiger partial charge in [0, 0.05) is 16.8 Å². The third-order valence-corrected chi connectivity index (χ3v) is 8.09. The molecule has 2 saturated heterocycles. The Morgan fingerprint density at radius 1 is 0.972 bits per heavy atom. The molecule has 0 bridgehead atoms. The van der Waals surface area contributed by atoms with Crippen LogP contribution < -0.4 is 9.64 Å². The molecule has 3 aromatic carbocycles. The second-order valence-electron chi connectivity index (χ2n) is 9.04. The number of ether oxygens (including phenoxy) is 1. The molecule has 0 N–H and O–H groups in total. The number of carbonyl (C=O) groups is 3. The number of nitrogens with zero attached hydrogens (tertiary/aromatic N) is 2. The first-order chi connectivity index (χ1) is 17.4. The Morgan fingerprint density at radius 3 is 2.50 bits per heavy atom. The van der Waals surface area contributed by atoms with Gasteiger partial charge in [0.1, 0.15) is 11.8 Å². The predicted octanol–water partition coefficient (Wildman–Crippen LogP) is 5.51. The Labute approximate surface area is 221 Å². The van der Waals surface area contributed by atoms with Gasteiger partial charge in [0.05, 0.1) is 35.1 Å². The number of rotatable bonds is 4. The van der Waals surface area contributed by atoms with E-state index < -0.39 is 29.8 Å². The number of Topliss-reactive ketones (excluding diaryl/α,β-unsaturated/α-hetero) is 1. The Balaban J connectivity index is 1.49. The molecule has 0 spiro atoms. The average molecular weight is 564 g/mol. The van der Waals surface area contributed by atoms with E-state index in [4.69, 9.17) is 16.3 Å². The molecule has 8 heteroatoms. The number of halogens is 2. The summed E-state index contributed by atoms with van der Waals surface area (Å²) in [6, 6.07) is 18.3. The molecule has 4 atom stereocenters. The van der Waals surface area contributed by atoms with Crippen LogP contribution in [0.1, 0.15) is 27.5 Å². The standard InChI is InChI=1S/C28H20BrClN2O4/c1-36-21-10-9-16(13-20(21)29)26(33)25-23-22(24-19-8-3-2-5-15(19)11-12-31(24)25)27(34)32(28(23)35)18-7-4-6-17(30)14-18/h2-14,22-25H,1H3/t22-,23+,24+,25-/m1/s1. The zero-order valence-electron chi connectivity index (χ0n) is 19.1. The molecule has 0 aliphatic carbocycles. The van der Waals surface area contributed by atoms with Crippen LogP contribution in [0, 0.1) is 11.8 Å². The molecule has 3 heterocycles. The second kappa shape index (κ2) is 8.61. The maximum atomic E-state index is 14.0. The molecule has 0 radical (unpaired) electrons. The van der Waals surface area contributed by atoms with Gasteiger partial charge >= 0.3 is 0 Å². The van der Waals surface area contributed by atoms with E-state index in [1.165, 1.54) is 4.90 Å². The number of amides is 2. The number of benzene rings is 3. The summed E-state index contributed by atoms with van der Waals surface area (Å²) in [6.45, 7) is 0. The molecular formula is C28H20BrClN2O4. The van der Waals surface area contributed by atoms with Gasteiger partial charge in [0.25, 0.3) is 0 Å². The molecule has 2 amide bonds. The smallest absolute Gasteiger partial charge is 0.240 e. The first-order valence-electron chi connectivity index (χ1n) is 11.5. The molecule has 3 aliphatic rings. The van der Waals surface area contributed by atoms with E-state index in [2.05, 4.69) is 15.9 Å². The predicted molar refractivity (Wildman–Crippen MR) is 140 cm³/mol. The normalized spacial score (nSPS) is 24.0. The van der Waals surface area contributed by atoms with Gasteiger partial charge < -0.3 is 9.64 Å². The van der Waals surface area contributed by atoms with Gasteiger partial charge in [-0.1, -0.05) is 41.9 Å². The number of hydrogen-bond donors (Lipinski definition) is 0. The Hall–Kier alpha value is -3.42. The largest absolute Gasteiger partial charge is 0.496 e. The quantitative estimate of drug-likeness (QED) is 0.309. The van der Waals surface area contributed by atoms with Crippen LogP contribution in [0.3, 0.4) is 0 Å². The molecule has 0 saturated carbocycles. The van der Waals surface area contributed by atoms with Crippen molar-refractivity contribution in [3.63, 3.8) is 0 Å². The van der Waals surface area contributed by atoms with Crippen molar-refractivity contribution >= 4 is 56.9 Å². The number of carbonyl (C=O) groups excluding carboxylic acids is 3. The molecule has 0 aromatic heterocycles. The third kappa shape index (κ3) is 3.33. The maximum Gasteiger partial charge on any atom is 0.240 e. The van der Waals surface area contributed by atoms with E-state index in [1.54, 1.807) is 49.6 Å². The minimum atomic E-state index is -0.842. The van der Waals surface area contributed by atoms with E-state index in [1.807, 2.05) is 41.4 Å². The van der Waals surface area contributed by atoms with Gasteiger partial charge in [0.15, 0.2) is 5.78 Å². The van der Waals surface area contributed by atoms with Crippen molar-refractivity contribution in [1.82, 2.24) is 4.90 Å². The van der Waals surface area contributed by atoms with Gasteiger partial charge in [-0.25, -0.2) is 4.90 Å². The van der Waals surface area contributed by atoms with Crippen molar-refractivity contribution in [2.24, 2.45) is 11.8 Å². The Bertz CT molecular complexity index is 1470. The topological polar surface area (TPSA) is 66.9 Å². The average Bonchev–Trinajstić information content (AvgIpc) is 3.36. The van der Waals surface area contributed by atoms with Crippen molar-refractivity contribution in [3.8, 4) is 5.75 Å². The Morgan fingerprint density at radius 2 is 1.75 bits per heavy atom. The summed E-state index contributed by atoms with van der Waals surface area (Å²) in [5.41, 5.74) is 2.74. The van der Waals surface area contributed by atoms with Crippen LogP contribution in [-0.4, -0.2) is 35.6 Å². The fourth-order valence-corrected chi connectivity index (χ4v) is 6.44. The van der Waals surface area contributed by atoms with Crippen LogP contribution in [-0.2, 0) is 9.59 Å². The highest BCUT2D eigenvalue weighted by Gasteiger charge is 2.64. The lowest BCUT2D eigenvalue weighted by Gasteiger charge is -2.35. The van der Waals surface area contributed by atoms with Crippen molar-refractivity contribution in [2.75, 3.05) is 12.0 Å². The molecule has 2 fully saturated rings. The van der Waals surface area contributed by atoms with Gasteiger partial charge in [0.2, 0.25) is 11.8 Å². The van der Waals surface area contributed by atoms with Crippen LogP contribution >= 0.6 is 27.5 Å². The highest BCUT2D eigenvalue weighted by molar-refractivity contribution is 9.10. The summed E-state index contributed by atoms with van der Waals surface area (Å²) < 4.78 is 5.94. The van der Waals surface area contributed by atoms with E-state index >= 15 is 0 Å². The first kappa shape index (κ1) is 23.0. The first-order valence-corrected chi connectivity index (χ1v) is 12.6. The zero-order chi connectivity index (χ0) is 25.1. The molecule has 3 aliphatic heterocycles.